The molecule has 0 radical (unpaired) electrons. The Kier molecular flexibility index (Phi) is 3.24. The molecule has 0 aromatic carbocycles. The summed E-state index contributed by atoms with van der Waals surface area (Å²) in [4.78, 5) is 22.0. The molecule has 1 heterocycles. The van der Waals surface area contributed by atoms with Gasteiger partial charge in [0.15, 0.2) is 0 Å². The van der Waals surface area contributed by atoms with Crippen molar-refractivity contribution in [2.75, 3.05) is 5.32 Å². The molecule has 0 saturated carbocycles. The topological polar surface area (TPSA) is 66.4 Å². The van der Waals surface area contributed by atoms with Crippen LogP contribution >= 0.6 is 11.3 Å². The SMILES string of the molecule is CC(C)C(=O)Nc1sccc1C(=O)O. The number of thiophene rings is 1. The first-order chi connectivity index (χ1) is 6.52. The fourth-order valence-electron chi connectivity index (χ4n) is 0.831. The van der Waals surface area contributed by atoms with E-state index in [1.807, 2.05) is 0 Å². The van der Waals surface area contributed by atoms with Crippen LogP contribution in [0.4, 0.5) is 5.00 Å². The lowest BCUT2D eigenvalue weighted by molar-refractivity contribution is -0.118. The number of rotatable bonds is 3. The standard InChI is InChI=1S/C9H11NO3S/c1-5(2)7(11)10-8-6(9(12)13)3-4-14-8/h3-5H,1-2H3,(H,10,11)(H,12,13). The maximum atomic E-state index is 11.3. The summed E-state index contributed by atoms with van der Waals surface area (Å²) in [6.45, 7) is 3.51. The lowest BCUT2D eigenvalue weighted by Crippen LogP contribution is -2.18. The highest BCUT2D eigenvalue weighted by atomic mass is 32.1. The van der Waals surface area contributed by atoms with E-state index in [0.717, 1.165) is 0 Å². The number of carbonyl (C=O) groups is 2. The van der Waals surface area contributed by atoms with Crippen LogP contribution in [0.1, 0.15) is 24.2 Å². The fraction of sp³-hybridized carbons (Fsp3) is 0.333. The Labute approximate surface area is 85.6 Å². The Morgan fingerprint density at radius 3 is 2.64 bits per heavy atom. The normalized spacial score (nSPS) is 10.2. The first-order valence-electron chi connectivity index (χ1n) is 4.14. The smallest absolute Gasteiger partial charge is 0.338 e. The highest BCUT2D eigenvalue weighted by Crippen LogP contribution is 2.23. The van der Waals surface area contributed by atoms with Gasteiger partial charge in [0.2, 0.25) is 5.91 Å². The van der Waals surface area contributed by atoms with Crippen LogP contribution < -0.4 is 5.32 Å². The lowest BCUT2D eigenvalue weighted by atomic mass is 10.2. The zero-order valence-electron chi connectivity index (χ0n) is 7.90. The molecule has 2 N–H and O–H groups in total. The first kappa shape index (κ1) is 10.7. The van der Waals surface area contributed by atoms with Gasteiger partial charge in [-0.1, -0.05) is 13.8 Å². The van der Waals surface area contributed by atoms with E-state index in [1.165, 1.54) is 17.4 Å². The van der Waals surface area contributed by atoms with Crippen molar-refractivity contribution in [3.8, 4) is 0 Å². The summed E-state index contributed by atoms with van der Waals surface area (Å²) < 4.78 is 0. The van der Waals surface area contributed by atoms with Gasteiger partial charge in [-0.3, -0.25) is 4.79 Å². The minimum Gasteiger partial charge on any atom is -0.478 e. The summed E-state index contributed by atoms with van der Waals surface area (Å²) in [6.07, 6.45) is 0. The zero-order chi connectivity index (χ0) is 10.7. The number of carboxylic acids is 1. The second-order valence-corrected chi connectivity index (χ2v) is 4.03. The van der Waals surface area contributed by atoms with E-state index in [1.54, 1.807) is 19.2 Å². The number of anilines is 1. The highest BCUT2D eigenvalue weighted by Gasteiger charge is 2.15. The monoisotopic (exact) mass is 213 g/mol. The summed E-state index contributed by atoms with van der Waals surface area (Å²) in [5, 5.41) is 13.4. The summed E-state index contributed by atoms with van der Waals surface area (Å²) >= 11 is 1.21. The molecule has 0 aliphatic carbocycles. The fourth-order valence-corrected chi connectivity index (χ4v) is 1.61. The molecule has 14 heavy (non-hydrogen) atoms. The van der Waals surface area contributed by atoms with E-state index in [4.69, 9.17) is 5.11 Å². The number of carbonyl (C=O) groups excluding carboxylic acids is 1. The molecular formula is C9H11NO3S. The summed E-state index contributed by atoms with van der Waals surface area (Å²) in [7, 11) is 0. The molecule has 0 fully saturated rings. The molecule has 0 saturated heterocycles. The molecule has 0 bridgehead atoms. The van der Waals surface area contributed by atoms with E-state index < -0.39 is 5.97 Å². The van der Waals surface area contributed by atoms with Crippen LogP contribution in [0.3, 0.4) is 0 Å². The molecule has 0 unspecified atom stereocenters. The van der Waals surface area contributed by atoms with E-state index in [2.05, 4.69) is 5.32 Å². The average molecular weight is 213 g/mol. The van der Waals surface area contributed by atoms with Crippen molar-refractivity contribution < 1.29 is 14.7 Å². The van der Waals surface area contributed by atoms with Gasteiger partial charge >= 0.3 is 5.97 Å². The maximum absolute atomic E-state index is 11.3. The molecule has 1 aromatic rings. The minimum absolute atomic E-state index is 0.143. The van der Waals surface area contributed by atoms with E-state index >= 15 is 0 Å². The molecule has 1 rings (SSSR count). The van der Waals surface area contributed by atoms with Crippen molar-refractivity contribution in [3.05, 3.63) is 17.0 Å². The predicted molar refractivity (Wildman–Crippen MR) is 54.7 cm³/mol. The van der Waals surface area contributed by atoms with Crippen LogP contribution in [0, 0.1) is 5.92 Å². The van der Waals surface area contributed by atoms with Gasteiger partial charge in [0.1, 0.15) is 5.00 Å². The molecule has 5 heteroatoms. The molecule has 0 spiro atoms. The summed E-state index contributed by atoms with van der Waals surface area (Å²) in [6, 6.07) is 1.48. The van der Waals surface area contributed by atoms with Crippen molar-refractivity contribution in [1.29, 1.82) is 0 Å². The van der Waals surface area contributed by atoms with Crippen LogP contribution in [0.15, 0.2) is 11.4 Å². The van der Waals surface area contributed by atoms with Crippen molar-refractivity contribution in [2.45, 2.75) is 13.8 Å². The predicted octanol–water partition coefficient (Wildman–Crippen LogP) is 2.04. The Balaban J connectivity index is 2.82. The van der Waals surface area contributed by atoms with Gasteiger partial charge in [-0.15, -0.1) is 11.3 Å². The number of nitrogens with one attached hydrogen (secondary N) is 1. The van der Waals surface area contributed by atoms with Crippen molar-refractivity contribution in [2.24, 2.45) is 5.92 Å². The molecule has 0 aliphatic rings. The van der Waals surface area contributed by atoms with Crippen molar-refractivity contribution in [1.82, 2.24) is 0 Å². The third kappa shape index (κ3) is 2.32. The summed E-state index contributed by atoms with van der Waals surface area (Å²) in [5.41, 5.74) is 0.143. The van der Waals surface area contributed by atoms with E-state index in [9.17, 15) is 9.59 Å². The first-order valence-corrected chi connectivity index (χ1v) is 5.02. The molecule has 76 valence electrons. The molecule has 0 aliphatic heterocycles. The van der Waals surface area contributed by atoms with Gasteiger partial charge in [0.05, 0.1) is 5.56 Å². The largest absolute Gasteiger partial charge is 0.478 e. The second kappa shape index (κ2) is 4.23. The van der Waals surface area contributed by atoms with Crippen LogP contribution in [0.2, 0.25) is 0 Å². The number of amides is 1. The molecule has 1 aromatic heterocycles. The molecular weight excluding hydrogens is 202 g/mol. The Morgan fingerprint density at radius 2 is 2.14 bits per heavy atom. The number of hydrogen-bond acceptors (Lipinski definition) is 3. The van der Waals surface area contributed by atoms with Gasteiger partial charge in [0.25, 0.3) is 0 Å². The van der Waals surface area contributed by atoms with E-state index in [-0.39, 0.29) is 17.4 Å². The van der Waals surface area contributed by atoms with E-state index in [0.29, 0.717) is 5.00 Å². The molecule has 0 atom stereocenters. The van der Waals surface area contributed by atoms with Gasteiger partial charge in [0, 0.05) is 5.92 Å². The average Bonchev–Trinajstić information content (AvgIpc) is 2.52. The highest BCUT2D eigenvalue weighted by molar-refractivity contribution is 7.14. The summed E-state index contributed by atoms with van der Waals surface area (Å²) in [5.74, 6) is -1.35. The quantitative estimate of drug-likeness (QED) is 0.807. The van der Waals surface area contributed by atoms with Crippen LogP contribution in [-0.4, -0.2) is 17.0 Å². The number of aromatic carboxylic acids is 1. The number of carboxylic acid groups (broad SMARTS) is 1. The van der Waals surface area contributed by atoms with Gasteiger partial charge in [-0.05, 0) is 11.4 Å². The van der Waals surface area contributed by atoms with Crippen molar-refractivity contribution >= 4 is 28.2 Å². The third-order valence-corrected chi connectivity index (χ3v) is 2.49. The van der Waals surface area contributed by atoms with Crippen LogP contribution in [0.25, 0.3) is 0 Å². The third-order valence-electron chi connectivity index (χ3n) is 1.66. The Hall–Kier alpha value is -1.36. The van der Waals surface area contributed by atoms with Crippen LogP contribution in [-0.2, 0) is 4.79 Å². The van der Waals surface area contributed by atoms with Gasteiger partial charge in [-0.2, -0.15) is 0 Å². The molecule has 1 amide bonds. The zero-order valence-corrected chi connectivity index (χ0v) is 8.72. The maximum Gasteiger partial charge on any atom is 0.338 e. The minimum atomic E-state index is -1.02. The Bertz CT molecular complexity index is 357. The van der Waals surface area contributed by atoms with Crippen molar-refractivity contribution in [3.63, 3.8) is 0 Å². The second-order valence-electron chi connectivity index (χ2n) is 3.11. The number of hydrogen-bond donors (Lipinski definition) is 2. The molecule has 4 nitrogen and oxygen atoms in total. The Morgan fingerprint density at radius 1 is 1.50 bits per heavy atom. The lowest BCUT2D eigenvalue weighted by Gasteiger charge is -2.05. The van der Waals surface area contributed by atoms with Crippen LogP contribution in [0.5, 0.6) is 0 Å². The van der Waals surface area contributed by atoms with Gasteiger partial charge in [-0.25, -0.2) is 4.79 Å². The van der Waals surface area contributed by atoms with Gasteiger partial charge < -0.3 is 10.4 Å².